The first-order valence-electron chi connectivity index (χ1n) is 8.85. The fourth-order valence-electron chi connectivity index (χ4n) is 2.97. The van der Waals surface area contributed by atoms with Gasteiger partial charge in [0, 0.05) is 32.4 Å². The average Bonchev–Trinajstić information content (AvgIpc) is 2.91. The summed E-state index contributed by atoms with van der Waals surface area (Å²) in [6.45, 7) is 5.75. The number of aliphatic hydroxyl groups excluding tert-OH is 1. The Morgan fingerprint density at radius 2 is 2.00 bits per heavy atom. The molecule has 0 spiro atoms. The zero-order valence-electron chi connectivity index (χ0n) is 16.0. The molecule has 0 bridgehead atoms. The topological polar surface area (TPSA) is 101 Å². The van der Waals surface area contributed by atoms with Crippen LogP contribution in [0.15, 0.2) is 12.3 Å². The molecule has 142 valence electrons. The number of primary amides is 1. The lowest BCUT2D eigenvalue weighted by atomic mass is 9.91. The Morgan fingerprint density at radius 3 is 2.48 bits per heavy atom. The molecular formula is C18H32N4O3. The van der Waals surface area contributed by atoms with Gasteiger partial charge in [-0.15, -0.1) is 0 Å². The van der Waals surface area contributed by atoms with Gasteiger partial charge in [0.15, 0.2) is 0 Å². The number of rotatable bonds is 10. The van der Waals surface area contributed by atoms with Gasteiger partial charge in [0.05, 0.1) is 6.10 Å². The first-order chi connectivity index (χ1) is 11.6. The molecule has 0 aliphatic carbocycles. The van der Waals surface area contributed by atoms with Crippen LogP contribution in [0.5, 0.6) is 0 Å². The van der Waals surface area contributed by atoms with E-state index in [4.69, 9.17) is 5.73 Å². The summed E-state index contributed by atoms with van der Waals surface area (Å²) in [4.78, 5) is 25.4. The van der Waals surface area contributed by atoms with Crippen LogP contribution in [-0.2, 0) is 23.1 Å². The number of aromatic nitrogens is 2. The summed E-state index contributed by atoms with van der Waals surface area (Å²) in [5.74, 6) is -0.831. The molecule has 25 heavy (non-hydrogen) atoms. The zero-order chi connectivity index (χ0) is 19.1. The van der Waals surface area contributed by atoms with Crippen molar-refractivity contribution in [2.24, 2.45) is 24.6 Å². The minimum Gasteiger partial charge on any atom is -0.390 e. The highest BCUT2D eigenvalue weighted by molar-refractivity contribution is 5.87. The molecule has 1 aromatic rings. The number of nitrogens with two attached hydrogens (primary N) is 1. The van der Waals surface area contributed by atoms with Crippen molar-refractivity contribution in [3.8, 4) is 0 Å². The molecule has 0 saturated heterocycles. The van der Waals surface area contributed by atoms with Crippen LogP contribution in [0.1, 0.15) is 45.7 Å². The highest BCUT2D eigenvalue weighted by Crippen LogP contribution is 2.19. The van der Waals surface area contributed by atoms with Crippen LogP contribution in [0, 0.1) is 11.8 Å². The molecular weight excluding hydrogens is 320 g/mol. The highest BCUT2D eigenvalue weighted by atomic mass is 16.3. The van der Waals surface area contributed by atoms with Gasteiger partial charge in [-0.1, -0.05) is 20.8 Å². The number of hydrogen-bond acceptors (Lipinski definition) is 4. The number of hydrogen-bond donors (Lipinski definition) is 2. The van der Waals surface area contributed by atoms with Crippen LogP contribution in [0.3, 0.4) is 0 Å². The zero-order valence-corrected chi connectivity index (χ0v) is 16.0. The SMILES string of the molecule is CC(C)CC(=O)N(C)[C@H](C(N)=O)[C@H](O)[C@H](C)CCCc1ccnn1C. The van der Waals surface area contributed by atoms with Crippen LogP contribution < -0.4 is 5.73 Å². The number of likely N-dealkylation sites (N-methyl/N-ethyl adjacent to an activating group) is 1. The van der Waals surface area contributed by atoms with Crippen LogP contribution in [-0.4, -0.2) is 50.8 Å². The van der Waals surface area contributed by atoms with E-state index >= 15 is 0 Å². The molecule has 0 saturated carbocycles. The first kappa shape index (κ1) is 21.2. The minimum atomic E-state index is -1.00. The maximum absolute atomic E-state index is 12.2. The standard InChI is InChI=1S/C18H32N4O3/c1-12(2)11-15(23)21(4)16(18(19)25)17(24)13(3)7-6-8-14-9-10-20-22(14)5/h9-10,12-13,16-17,24H,6-8,11H2,1-5H3,(H2,19,25)/t13-,16+,17-/m1/s1. The van der Waals surface area contributed by atoms with Gasteiger partial charge in [-0.25, -0.2) is 0 Å². The van der Waals surface area contributed by atoms with Crippen LogP contribution in [0.2, 0.25) is 0 Å². The van der Waals surface area contributed by atoms with Crippen molar-refractivity contribution in [1.29, 1.82) is 0 Å². The third-order valence-electron chi connectivity index (χ3n) is 4.61. The smallest absolute Gasteiger partial charge is 0.242 e. The molecule has 0 radical (unpaired) electrons. The van der Waals surface area contributed by atoms with Gasteiger partial charge in [-0.2, -0.15) is 5.10 Å². The van der Waals surface area contributed by atoms with E-state index in [1.165, 1.54) is 11.9 Å². The van der Waals surface area contributed by atoms with Crippen molar-refractivity contribution in [2.45, 2.75) is 58.6 Å². The summed E-state index contributed by atoms with van der Waals surface area (Å²) in [5.41, 5.74) is 6.59. The van der Waals surface area contributed by atoms with E-state index in [-0.39, 0.29) is 17.7 Å². The lowest BCUT2D eigenvalue weighted by Gasteiger charge is -2.33. The van der Waals surface area contributed by atoms with E-state index in [9.17, 15) is 14.7 Å². The molecule has 1 rings (SSSR count). The van der Waals surface area contributed by atoms with Crippen molar-refractivity contribution in [3.63, 3.8) is 0 Å². The van der Waals surface area contributed by atoms with Crippen LogP contribution in [0.25, 0.3) is 0 Å². The molecule has 0 aliphatic heterocycles. The van der Waals surface area contributed by atoms with E-state index in [1.54, 1.807) is 6.20 Å². The second kappa shape index (κ2) is 9.56. The Balaban J connectivity index is 2.64. The summed E-state index contributed by atoms with van der Waals surface area (Å²) in [7, 11) is 3.43. The van der Waals surface area contributed by atoms with Crippen molar-refractivity contribution in [1.82, 2.24) is 14.7 Å². The molecule has 1 heterocycles. The van der Waals surface area contributed by atoms with E-state index in [1.807, 2.05) is 38.6 Å². The summed E-state index contributed by atoms with van der Waals surface area (Å²) in [6.07, 6.45) is 3.52. The molecule has 0 fully saturated rings. The molecule has 0 aliphatic rings. The minimum absolute atomic E-state index is 0.153. The van der Waals surface area contributed by atoms with Crippen LogP contribution in [0.4, 0.5) is 0 Å². The van der Waals surface area contributed by atoms with Crippen molar-refractivity contribution in [2.75, 3.05) is 7.05 Å². The Morgan fingerprint density at radius 1 is 1.36 bits per heavy atom. The van der Waals surface area contributed by atoms with Gasteiger partial charge in [-0.3, -0.25) is 14.3 Å². The van der Waals surface area contributed by atoms with Gasteiger partial charge in [0.2, 0.25) is 11.8 Å². The molecule has 1 aromatic heterocycles. The quantitative estimate of drug-likeness (QED) is 0.658. The van der Waals surface area contributed by atoms with Gasteiger partial charge in [0.25, 0.3) is 0 Å². The summed E-state index contributed by atoms with van der Waals surface area (Å²) in [6, 6.07) is 0.962. The summed E-state index contributed by atoms with van der Waals surface area (Å²) < 4.78 is 1.83. The number of amides is 2. The second-order valence-electron chi connectivity index (χ2n) is 7.26. The fourth-order valence-corrected chi connectivity index (χ4v) is 2.97. The monoisotopic (exact) mass is 352 g/mol. The van der Waals surface area contributed by atoms with Crippen molar-refractivity contribution in [3.05, 3.63) is 18.0 Å². The number of aryl methyl sites for hydroxylation is 2. The van der Waals surface area contributed by atoms with Gasteiger partial charge in [-0.05, 0) is 37.2 Å². The Bertz CT molecular complexity index is 570. The summed E-state index contributed by atoms with van der Waals surface area (Å²) >= 11 is 0. The van der Waals surface area contributed by atoms with E-state index in [0.29, 0.717) is 6.42 Å². The lowest BCUT2D eigenvalue weighted by molar-refractivity contribution is -0.143. The molecule has 7 nitrogen and oxygen atoms in total. The number of carbonyl (C=O) groups is 2. The lowest BCUT2D eigenvalue weighted by Crippen LogP contribution is -2.54. The Hall–Kier alpha value is -1.89. The maximum atomic E-state index is 12.2. The third kappa shape index (κ3) is 6.16. The van der Waals surface area contributed by atoms with E-state index < -0.39 is 18.1 Å². The summed E-state index contributed by atoms with van der Waals surface area (Å²) in [5, 5.41) is 14.7. The predicted molar refractivity (Wildman–Crippen MR) is 96.5 cm³/mol. The molecule has 0 unspecified atom stereocenters. The average molecular weight is 352 g/mol. The third-order valence-corrected chi connectivity index (χ3v) is 4.61. The van der Waals surface area contributed by atoms with E-state index in [0.717, 1.165) is 25.0 Å². The maximum Gasteiger partial charge on any atom is 0.242 e. The Labute approximate surface area is 150 Å². The second-order valence-corrected chi connectivity index (χ2v) is 7.26. The number of aliphatic hydroxyl groups is 1. The van der Waals surface area contributed by atoms with Crippen molar-refractivity contribution >= 4 is 11.8 Å². The van der Waals surface area contributed by atoms with Crippen LogP contribution >= 0.6 is 0 Å². The molecule has 0 aromatic carbocycles. The predicted octanol–water partition coefficient (Wildman–Crippen LogP) is 1.10. The molecule has 2 amide bonds. The number of carbonyl (C=O) groups excluding carboxylic acids is 2. The van der Waals surface area contributed by atoms with Gasteiger partial charge < -0.3 is 15.7 Å². The molecule has 7 heteroatoms. The highest BCUT2D eigenvalue weighted by Gasteiger charge is 2.34. The largest absolute Gasteiger partial charge is 0.390 e. The Kier molecular flexibility index (Phi) is 8.09. The van der Waals surface area contributed by atoms with Gasteiger partial charge in [0.1, 0.15) is 6.04 Å². The first-order valence-corrected chi connectivity index (χ1v) is 8.85. The van der Waals surface area contributed by atoms with E-state index in [2.05, 4.69) is 5.10 Å². The molecule has 3 atom stereocenters. The van der Waals surface area contributed by atoms with Crippen molar-refractivity contribution < 1.29 is 14.7 Å². The van der Waals surface area contributed by atoms with Gasteiger partial charge >= 0.3 is 0 Å². The fraction of sp³-hybridized carbons (Fsp3) is 0.722. The number of nitrogens with zero attached hydrogens (tertiary/aromatic N) is 3. The normalized spacial score (nSPS) is 15.0. The molecule has 3 N–H and O–H groups in total.